The Hall–Kier alpha value is -3.78. The average Bonchev–Trinajstić information content (AvgIpc) is 3.08. The quantitative estimate of drug-likeness (QED) is 0.259. The van der Waals surface area contributed by atoms with Crippen molar-refractivity contribution in [3.63, 3.8) is 0 Å². The molecule has 0 aliphatic heterocycles. The lowest BCUT2D eigenvalue weighted by Crippen LogP contribution is -2.11. The molecule has 2 aromatic carbocycles. The van der Waals surface area contributed by atoms with Gasteiger partial charge in [0.1, 0.15) is 10.6 Å². The van der Waals surface area contributed by atoms with E-state index in [1.807, 2.05) is 37.3 Å². The number of ether oxygens (including phenoxy) is 1. The van der Waals surface area contributed by atoms with E-state index >= 15 is 0 Å². The van der Waals surface area contributed by atoms with E-state index in [1.165, 1.54) is 42.7 Å². The molecule has 0 aliphatic rings. The van der Waals surface area contributed by atoms with Crippen LogP contribution < -0.4 is 5.32 Å². The molecule has 152 valence electrons. The normalized spacial score (nSPS) is 10.7. The number of carbonyl (C=O) groups excluding carboxylic acids is 2. The molecule has 7 nitrogen and oxygen atoms in total. The monoisotopic (exact) mass is 422 g/mol. The number of amides is 1. The predicted octanol–water partition coefficient (Wildman–Crippen LogP) is 5.07. The van der Waals surface area contributed by atoms with E-state index in [0.29, 0.717) is 16.1 Å². The smallest absolute Gasteiger partial charge is 0.341 e. The number of nitrogens with one attached hydrogen (secondary N) is 1. The number of nitro groups is 1. The molecule has 1 aromatic heterocycles. The molecule has 1 amide bonds. The number of hydrogen-bond acceptors (Lipinski definition) is 6. The van der Waals surface area contributed by atoms with Crippen LogP contribution in [-0.4, -0.2) is 23.9 Å². The highest BCUT2D eigenvalue weighted by Crippen LogP contribution is 2.40. The lowest BCUT2D eigenvalue weighted by atomic mass is 10.0. The number of aryl methyl sites for hydroxylation is 1. The summed E-state index contributed by atoms with van der Waals surface area (Å²) in [6.07, 6.45) is 2.84. The third kappa shape index (κ3) is 4.61. The molecule has 0 atom stereocenters. The molecule has 0 spiro atoms. The molecular weight excluding hydrogens is 404 g/mol. The maximum atomic E-state index is 12.4. The lowest BCUT2D eigenvalue weighted by molar-refractivity contribution is -0.384. The van der Waals surface area contributed by atoms with Crippen LogP contribution in [-0.2, 0) is 9.53 Å². The van der Waals surface area contributed by atoms with Crippen LogP contribution in [0.5, 0.6) is 0 Å². The Morgan fingerprint density at radius 1 is 1.10 bits per heavy atom. The number of methoxy groups -OCH3 is 1. The number of thiophene rings is 1. The summed E-state index contributed by atoms with van der Waals surface area (Å²) < 4.78 is 4.94. The van der Waals surface area contributed by atoms with Gasteiger partial charge in [0.15, 0.2) is 0 Å². The van der Waals surface area contributed by atoms with Crippen molar-refractivity contribution in [2.75, 3.05) is 12.4 Å². The van der Waals surface area contributed by atoms with E-state index in [-0.39, 0.29) is 5.69 Å². The van der Waals surface area contributed by atoms with E-state index in [2.05, 4.69) is 5.32 Å². The summed E-state index contributed by atoms with van der Waals surface area (Å²) in [5, 5.41) is 13.9. The van der Waals surface area contributed by atoms with Gasteiger partial charge in [-0.3, -0.25) is 14.9 Å². The van der Waals surface area contributed by atoms with Crippen molar-refractivity contribution >= 4 is 40.0 Å². The van der Waals surface area contributed by atoms with Crippen LogP contribution in [0.3, 0.4) is 0 Å². The van der Waals surface area contributed by atoms with Gasteiger partial charge in [-0.1, -0.05) is 30.3 Å². The molecule has 8 heteroatoms. The van der Waals surface area contributed by atoms with Gasteiger partial charge in [-0.25, -0.2) is 4.79 Å². The second-order valence-corrected chi connectivity index (χ2v) is 7.49. The molecule has 0 bridgehead atoms. The van der Waals surface area contributed by atoms with Crippen molar-refractivity contribution in [2.24, 2.45) is 0 Å². The first-order valence-electron chi connectivity index (χ1n) is 8.91. The van der Waals surface area contributed by atoms with Gasteiger partial charge in [0.05, 0.1) is 12.0 Å². The van der Waals surface area contributed by atoms with Crippen LogP contribution in [0, 0.1) is 17.0 Å². The highest BCUT2D eigenvalue weighted by Gasteiger charge is 2.24. The number of non-ortho nitro benzene ring substituents is 1. The van der Waals surface area contributed by atoms with Gasteiger partial charge in [0.25, 0.3) is 5.69 Å². The second-order valence-electron chi connectivity index (χ2n) is 6.27. The Morgan fingerprint density at radius 3 is 2.37 bits per heavy atom. The van der Waals surface area contributed by atoms with E-state index in [0.717, 1.165) is 16.0 Å². The first kappa shape index (κ1) is 20.9. The van der Waals surface area contributed by atoms with Crippen LogP contribution >= 0.6 is 11.3 Å². The summed E-state index contributed by atoms with van der Waals surface area (Å²) in [6, 6.07) is 15.2. The zero-order valence-electron chi connectivity index (χ0n) is 16.2. The molecule has 0 unspecified atom stereocenters. The Kier molecular flexibility index (Phi) is 6.38. The maximum absolute atomic E-state index is 12.4. The van der Waals surface area contributed by atoms with Crippen molar-refractivity contribution in [1.29, 1.82) is 0 Å². The van der Waals surface area contributed by atoms with Gasteiger partial charge in [-0.05, 0) is 36.3 Å². The Bertz CT molecular complexity index is 1120. The Labute approximate surface area is 176 Å². The minimum atomic E-state index is -0.534. The van der Waals surface area contributed by atoms with Crippen molar-refractivity contribution in [3.8, 4) is 11.1 Å². The minimum absolute atomic E-state index is 0.0261. The Balaban J connectivity index is 1.86. The van der Waals surface area contributed by atoms with Crippen LogP contribution in [0.1, 0.15) is 20.8 Å². The molecule has 3 rings (SSSR count). The van der Waals surface area contributed by atoms with Crippen LogP contribution in [0.2, 0.25) is 0 Å². The number of esters is 1. The number of nitrogens with zero attached hydrogens (tertiary/aromatic N) is 1. The number of nitro benzene ring substituents is 1. The summed E-state index contributed by atoms with van der Waals surface area (Å²) >= 11 is 1.29. The van der Waals surface area contributed by atoms with Gasteiger partial charge in [0, 0.05) is 28.6 Å². The first-order chi connectivity index (χ1) is 14.4. The molecule has 30 heavy (non-hydrogen) atoms. The topological polar surface area (TPSA) is 98.5 Å². The van der Waals surface area contributed by atoms with Crippen molar-refractivity contribution in [1.82, 2.24) is 0 Å². The van der Waals surface area contributed by atoms with E-state index in [4.69, 9.17) is 4.74 Å². The fourth-order valence-corrected chi connectivity index (χ4v) is 3.98. The van der Waals surface area contributed by atoms with Crippen molar-refractivity contribution in [3.05, 3.63) is 86.8 Å². The standard InChI is InChI=1S/C22H18N2O5S/c1-14-19(16-6-4-3-5-7-16)20(22(26)29-2)21(30-14)23-18(25)13-10-15-8-11-17(12-9-15)24(27)28/h3-13H,1-2H3,(H,23,25)/b13-10+. The molecule has 0 fully saturated rings. The van der Waals surface area contributed by atoms with E-state index < -0.39 is 16.8 Å². The van der Waals surface area contributed by atoms with E-state index in [1.54, 1.807) is 12.1 Å². The van der Waals surface area contributed by atoms with Crippen LogP contribution in [0.15, 0.2) is 60.7 Å². The van der Waals surface area contributed by atoms with Crippen LogP contribution in [0.25, 0.3) is 17.2 Å². The van der Waals surface area contributed by atoms with Gasteiger partial charge < -0.3 is 10.1 Å². The maximum Gasteiger partial charge on any atom is 0.341 e. The summed E-state index contributed by atoms with van der Waals surface area (Å²) in [5.74, 6) is -0.966. The van der Waals surface area contributed by atoms with Gasteiger partial charge in [-0.2, -0.15) is 0 Å². The van der Waals surface area contributed by atoms with Gasteiger partial charge >= 0.3 is 5.97 Å². The number of rotatable bonds is 6. The number of hydrogen-bond donors (Lipinski definition) is 1. The van der Waals surface area contributed by atoms with Crippen molar-refractivity contribution in [2.45, 2.75) is 6.92 Å². The highest BCUT2D eigenvalue weighted by atomic mass is 32.1. The van der Waals surface area contributed by atoms with Gasteiger partial charge in [-0.15, -0.1) is 11.3 Å². The third-order valence-corrected chi connectivity index (χ3v) is 5.32. The average molecular weight is 422 g/mol. The summed E-state index contributed by atoms with van der Waals surface area (Å²) in [5.41, 5.74) is 2.50. The number of benzene rings is 2. The lowest BCUT2D eigenvalue weighted by Gasteiger charge is -2.07. The van der Waals surface area contributed by atoms with E-state index in [9.17, 15) is 19.7 Å². The highest BCUT2D eigenvalue weighted by molar-refractivity contribution is 7.17. The molecule has 0 radical (unpaired) electrons. The third-order valence-electron chi connectivity index (χ3n) is 4.30. The Morgan fingerprint density at radius 2 is 1.77 bits per heavy atom. The molecule has 0 saturated carbocycles. The SMILES string of the molecule is COC(=O)c1c(NC(=O)/C=C/c2ccc([N+](=O)[O-])cc2)sc(C)c1-c1ccccc1. The fraction of sp³-hybridized carbons (Fsp3) is 0.0909. The summed E-state index contributed by atoms with van der Waals surface area (Å²) in [6.45, 7) is 1.88. The molecular formula is C22H18N2O5S. The largest absolute Gasteiger partial charge is 0.465 e. The van der Waals surface area contributed by atoms with Gasteiger partial charge in [0.2, 0.25) is 5.91 Å². The molecule has 0 saturated heterocycles. The predicted molar refractivity (Wildman–Crippen MR) is 117 cm³/mol. The second kappa shape index (κ2) is 9.15. The summed E-state index contributed by atoms with van der Waals surface area (Å²) in [4.78, 5) is 36.0. The van der Waals surface area contributed by atoms with Crippen LogP contribution in [0.4, 0.5) is 10.7 Å². The zero-order valence-corrected chi connectivity index (χ0v) is 17.1. The fourth-order valence-electron chi connectivity index (χ4n) is 2.91. The zero-order chi connectivity index (χ0) is 21.7. The molecule has 3 aromatic rings. The molecule has 1 N–H and O–H groups in total. The minimum Gasteiger partial charge on any atom is -0.465 e. The molecule has 1 heterocycles. The first-order valence-corrected chi connectivity index (χ1v) is 9.73. The van der Waals surface area contributed by atoms with Crippen molar-refractivity contribution < 1.29 is 19.2 Å². The number of carbonyl (C=O) groups is 2. The number of anilines is 1. The molecule has 0 aliphatic carbocycles. The summed E-state index contributed by atoms with van der Waals surface area (Å²) in [7, 11) is 1.30.